The summed E-state index contributed by atoms with van der Waals surface area (Å²) < 4.78 is 1.68. The maximum absolute atomic E-state index is 11.3. The number of carboxylic acids is 1. The fraction of sp³-hybridized carbons (Fsp3) is 0.400. The number of aryl methyl sites for hydroxylation is 2. The molecule has 0 aliphatic heterocycles. The van der Waals surface area contributed by atoms with Crippen LogP contribution in [-0.2, 0) is 5.41 Å². The van der Waals surface area contributed by atoms with Crippen molar-refractivity contribution in [3.05, 3.63) is 40.8 Å². The van der Waals surface area contributed by atoms with E-state index >= 15 is 0 Å². The number of hydrogen-bond donors (Lipinski definition) is 1. The summed E-state index contributed by atoms with van der Waals surface area (Å²) in [6.45, 7) is 9.84. The molecule has 2 aromatic heterocycles. The summed E-state index contributed by atoms with van der Waals surface area (Å²) in [4.78, 5) is 15.9. The Hall–Kier alpha value is -2.17. The first-order valence-corrected chi connectivity index (χ1v) is 6.48. The van der Waals surface area contributed by atoms with Crippen LogP contribution in [0.3, 0.4) is 0 Å². The van der Waals surface area contributed by atoms with Crippen molar-refractivity contribution in [2.75, 3.05) is 0 Å². The summed E-state index contributed by atoms with van der Waals surface area (Å²) in [5, 5.41) is 13.6. The van der Waals surface area contributed by atoms with Gasteiger partial charge in [-0.05, 0) is 32.0 Å². The van der Waals surface area contributed by atoms with Crippen molar-refractivity contribution in [2.24, 2.45) is 0 Å². The van der Waals surface area contributed by atoms with Crippen LogP contribution >= 0.6 is 0 Å². The van der Waals surface area contributed by atoms with Crippen LogP contribution in [0.5, 0.6) is 0 Å². The van der Waals surface area contributed by atoms with Crippen molar-refractivity contribution in [2.45, 2.75) is 40.0 Å². The third kappa shape index (κ3) is 2.71. The second-order valence-electron chi connectivity index (χ2n) is 5.99. The Morgan fingerprint density at radius 3 is 2.30 bits per heavy atom. The lowest BCUT2D eigenvalue weighted by molar-refractivity contribution is 0.0696. The number of carbonyl (C=O) groups is 1. The van der Waals surface area contributed by atoms with Gasteiger partial charge in [0.1, 0.15) is 0 Å². The number of aromatic nitrogens is 3. The maximum Gasteiger partial charge on any atom is 0.335 e. The zero-order chi connectivity index (χ0) is 15.1. The average molecular weight is 273 g/mol. The molecule has 2 rings (SSSR count). The van der Waals surface area contributed by atoms with Crippen molar-refractivity contribution in [3.8, 4) is 5.82 Å². The number of carboxylic acid groups (broad SMARTS) is 1. The van der Waals surface area contributed by atoms with E-state index in [9.17, 15) is 9.90 Å². The van der Waals surface area contributed by atoms with E-state index in [2.05, 4.69) is 10.1 Å². The van der Waals surface area contributed by atoms with Gasteiger partial charge in [-0.3, -0.25) is 0 Å². The van der Waals surface area contributed by atoms with Crippen molar-refractivity contribution >= 4 is 5.97 Å². The van der Waals surface area contributed by atoms with Crippen LogP contribution in [-0.4, -0.2) is 25.8 Å². The van der Waals surface area contributed by atoms with Gasteiger partial charge in [-0.15, -0.1) is 0 Å². The number of nitrogens with zero attached hydrogens (tertiary/aromatic N) is 3. The van der Waals surface area contributed by atoms with Crippen LogP contribution in [0.15, 0.2) is 18.2 Å². The molecule has 0 unspecified atom stereocenters. The number of rotatable bonds is 2. The van der Waals surface area contributed by atoms with E-state index in [1.165, 1.54) is 0 Å². The normalized spacial score (nSPS) is 11.7. The molecule has 2 aromatic rings. The van der Waals surface area contributed by atoms with E-state index in [4.69, 9.17) is 0 Å². The third-order valence-corrected chi connectivity index (χ3v) is 3.05. The second kappa shape index (κ2) is 4.74. The van der Waals surface area contributed by atoms with Gasteiger partial charge in [-0.25, -0.2) is 14.5 Å². The standard InChI is InChI=1S/C15H19N3O2/c1-9-6-10(2)18(17-9)13-8-11(14(19)20)7-12(16-13)15(3,4)5/h6-8H,1-5H3,(H,19,20). The van der Waals surface area contributed by atoms with Crippen LogP contribution in [0, 0.1) is 13.8 Å². The van der Waals surface area contributed by atoms with Gasteiger partial charge in [-0.2, -0.15) is 5.10 Å². The van der Waals surface area contributed by atoms with E-state index in [0.717, 1.165) is 17.1 Å². The molecule has 1 N–H and O–H groups in total. The molecule has 0 bridgehead atoms. The topological polar surface area (TPSA) is 68.0 Å². The van der Waals surface area contributed by atoms with E-state index in [1.807, 2.05) is 40.7 Å². The van der Waals surface area contributed by atoms with Gasteiger partial charge in [0.25, 0.3) is 0 Å². The van der Waals surface area contributed by atoms with Gasteiger partial charge in [0.15, 0.2) is 5.82 Å². The van der Waals surface area contributed by atoms with Crippen molar-refractivity contribution in [3.63, 3.8) is 0 Å². The molecule has 0 fully saturated rings. The summed E-state index contributed by atoms with van der Waals surface area (Å²) in [6, 6.07) is 5.11. The first kappa shape index (κ1) is 14.2. The van der Waals surface area contributed by atoms with Gasteiger partial charge in [0.05, 0.1) is 11.3 Å². The molecule has 0 aliphatic carbocycles. The van der Waals surface area contributed by atoms with Gasteiger partial charge in [0, 0.05) is 16.8 Å². The highest BCUT2D eigenvalue weighted by molar-refractivity contribution is 5.88. The highest BCUT2D eigenvalue weighted by atomic mass is 16.4. The van der Waals surface area contributed by atoms with Gasteiger partial charge in [0.2, 0.25) is 0 Å². The minimum absolute atomic E-state index is 0.226. The van der Waals surface area contributed by atoms with Gasteiger partial charge in [-0.1, -0.05) is 20.8 Å². The molecule has 20 heavy (non-hydrogen) atoms. The van der Waals surface area contributed by atoms with Crippen LogP contribution in [0.1, 0.15) is 48.2 Å². The van der Waals surface area contributed by atoms with Crippen molar-refractivity contribution in [1.82, 2.24) is 14.8 Å². The van der Waals surface area contributed by atoms with E-state index in [0.29, 0.717) is 5.82 Å². The minimum Gasteiger partial charge on any atom is -0.478 e. The Kier molecular flexibility index (Phi) is 3.38. The Labute approximate surface area is 118 Å². The van der Waals surface area contributed by atoms with E-state index < -0.39 is 5.97 Å². The lowest BCUT2D eigenvalue weighted by Crippen LogP contribution is -2.17. The number of pyridine rings is 1. The predicted molar refractivity (Wildman–Crippen MR) is 76.5 cm³/mol. The van der Waals surface area contributed by atoms with Crippen LogP contribution in [0.4, 0.5) is 0 Å². The van der Waals surface area contributed by atoms with Crippen molar-refractivity contribution in [1.29, 1.82) is 0 Å². The third-order valence-electron chi connectivity index (χ3n) is 3.05. The van der Waals surface area contributed by atoms with E-state index in [-0.39, 0.29) is 11.0 Å². The van der Waals surface area contributed by atoms with Gasteiger partial charge >= 0.3 is 5.97 Å². The quantitative estimate of drug-likeness (QED) is 0.913. The SMILES string of the molecule is Cc1cc(C)n(-c2cc(C(=O)O)cc(C(C)(C)C)n2)n1. The first-order chi connectivity index (χ1) is 9.18. The smallest absolute Gasteiger partial charge is 0.335 e. The molecule has 5 heteroatoms. The Morgan fingerprint density at radius 2 is 1.85 bits per heavy atom. The molecule has 0 radical (unpaired) electrons. The zero-order valence-electron chi connectivity index (χ0n) is 12.4. The highest BCUT2D eigenvalue weighted by Gasteiger charge is 2.20. The summed E-state index contributed by atoms with van der Waals surface area (Å²) in [7, 11) is 0. The van der Waals surface area contributed by atoms with Crippen LogP contribution < -0.4 is 0 Å². The monoisotopic (exact) mass is 273 g/mol. The molecule has 0 saturated carbocycles. The summed E-state index contributed by atoms with van der Waals surface area (Å²) in [5.74, 6) is -0.416. The Balaban J connectivity index is 2.67. The summed E-state index contributed by atoms with van der Waals surface area (Å²) in [6.07, 6.45) is 0. The van der Waals surface area contributed by atoms with Crippen molar-refractivity contribution < 1.29 is 9.90 Å². The summed E-state index contributed by atoms with van der Waals surface area (Å²) in [5.41, 5.74) is 2.54. The average Bonchev–Trinajstić information content (AvgIpc) is 2.66. The highest BCUT2D eigenvalue weighted by Crippen LogP contribution is 2.23. The molecule has 0 aliphatic rings. The lowest BCUT2D eigenvalue weighted by Gasteiger charge is -2.19. The maximum atomic E-state index is 11.3. The molecular formula is C15H19N3O2. The molecule has 0 aromatic carbocycles. The molecule has 0 amide bonds. The van der Waals surface area contributed by atoms with Crippen LogP contribution in [0.25, 0.3) is 5.82 Å². The van der Waals surface area contributed by atoms with E-state index in [1.54, 1.807) is 16.8 Å². The summed E-state index contributed by atoms with van der Waals surface area (Å²) >= 11 is 0. The largest absolute Gasteiger partial charge is 0.478 e. The van der Waals surface area contributed by atoms with Gasteiger partial charge < -0.3 is 5.11 Å². The van der Waals surface area contributed by atoms with Crippen LogP contribution in [0.2, 0.25) is 0 Å². The predicted octanol–water partition coefficient (Wildman–Crippen LogP) is 2.88. The molecule has 0 atom stereocenters. The number of hydrogen-bond acceptors (Lipinski definition) is 3. The number of aromatic carboxylic acids is 1. The molecule has 106 valence electrons. The zero-order valence-corrected chi connectivity index (χ0v) is 12.4. The fourth-order valence-electron chi connectivity index (χ4n) is 1.99. The lowest BCUT2D eigenvalue weighted by atomic mass is 9.91. The fourth-order valence-corrected chi connectivity index (χ4v) is 1.99. The second-order valence-corrected chi connectivity index (χ2v) is 5.99. The Morgan fingerprint density at radius 1 is 1.20 bits per heavy atom. The molecule has 5 nitrogen and oxygen atoms in total. The molecule has 0 spiro atoms. The molecule has 2 heterocycles. The minimum atomic E-state index is -0.958. The Bertz CT molecular complexity index is 666. The molecule has 0 saturated heterocycles. The first-order valence-electron chi connectivity index (χ1n) is 6.48. The molecular weight excluding hydrogens is 254 g/mol.